The molecule has 7 nitrogen and oxygen atoms in total. The van der Waals surface area contributed by atoms with Crippen LogP contribution in [-0.2, 0) is 25.4 Å². The van der Waals surface area contributed by atoms with Crippen LogP contribution in [0, 0.1) is 6.92 Å². The van der Waals surface area contributed by atoms with Gasteiger partial charge in [-0.3, -0.25) is 4.79 Å². The largest absolute Gasteiger partial charge is 0.469 e. The van der Waals surface area contributed by atoms with Gasteiger partial charge in [-0.05, 0) is 41.9 Å². The fourth-order valence-corrected chi connectivity index (χ4v) is 3.98. The van der Waals surface area contributed by atoms with Crippen LogP contribution in [0.1, 0.15) is 41.2 Å². The van der Waals surface area contributed by atoms with Crippen molar-refractivity contribution in [3.05, 3.63) is 50.4 Å². The average molecular weight is 440 g/mol. The Bertz CT molecular complexity index is 831. The number of anilines is 1. The third kappa shape index (κ3) is 4.16. The van der Waals surface area contributed by atoms with Gasteiger partial charge >= 0.3 is 5.97 Å². The predicted molar refractivity (Wildman–Crippen MR) is 101 cm³/mol. The van der Waals surface area contributed by atoms with E-state index in [4.69, 9.17) is 14.2 Å². The molecule has 26 heavy (non-hydrogen) atoms. The van der Waals surface area contributed by atoms with Gasteiger partial charge in [0.15, 0.2) is 0 Å². The fourth-order valence-electron chi connectivity index (χ4n) is 2.55. The Morgan fingerprint density at radius 3 is 2.73 bits per heavy atom. The second kappa shape index (κ2) is 8.05. The summed E-state index contributed by atoms with van der Waals surface area (Å²) in [4.78, 5) is 21.9. The van der Waals surface area contributed by atoms with Crippen molar-refractivity contribution in [2.75, 3.05) is 12.4 Å². The lowest BCUT2D eigenvalue weighted by Crippen LogP contribution is -2.18. The highest BCUT2D eigenvalue weighted by molar-refractivity contribution is 9.11. The van der Waals surface area contributed by atoms with Crippen LogP contribution in [0.2, 0.25) is 0 Å². The Labute approximate surface area is 163 Å². The maximum absolute atomic E-state index is 11.8. The predicted octanol–water partition coefficient (Wildman–Crippen LogP) is 4.01. The molecule has 0 amide bonds. The fraction of sp³-hybridized carbons (Fsp3) is 0.353. The van der Waals surface area contributed by atoms with Gasteiger partial charge < -0.3 is 19.5 Å². The minimum atomic E-state index is -0.708. The number of esters is 1. The number of aryl methyl sites for hydroxylation is 1. The van der Waals surface area contributed by atoms with Gasteiger partial charge in [-0.15, -0.1) is 11.3 Å². The maximum atomic E-state index is 11.8. The lowest BCUT2D eigenvalue weighted by atomic mass is 10.1. The lowest BCUT2D eigenvalue weighted by Gasteiger charge is -2.21. The van der Waals surface area contributed by atoms with E-state index in [2.05, 4.69) is 31.2 Å². The minimum absolute atomic E-state index is 0.000288. The van der Waals surface area contributed by atoms with Crippen LogP contribution < -0.4 is 5.32 Å². The molecule has 0 aromatic carbocycles. The number of nitrogens with zero attached hydrogens (tertiary/aromatic N) is 2. The zero-order valence-corrected chi connectivity index (χ0v) is 16.9. The first-order valence-electron chi connectivity index (χ1n) is 7.90. The van der Waals surface area contributed by atoms with E-state index in [9.17, 15) is 4.79 Å². The van der Waals surface area contributed by atoms with Gasteiger partial charge in [0.25, 0.3) is 6.29 Å². The molecule has 0 unspecified atom stereocenters. The molecular weight excluding hydrogens is 422 g/mol. The van der Waals surface area contributed by atoms with E-state index >= 15 is 0 Å². The summed E-state index contributed by atoms with van der Waals surface area (Å²) in [6.07, 6.45) is 2.21. The monoisotopic (exact) mass is 439 g/mol. The van der Waals surface area contributed by atoms with Crippen LogP contribution in [0.15, 0.2) is 28.4 Å². The molecule has 0 saturated carbocycles. The summed E-state index contributed by atoms with van der Waals surface area (Å²) in [7, 11) is 1.34. The molecule has 0 aliphatic carbocycles. The highest BCUT2D eigenvalue weighted by Crippen LogP contribution is 2.35. The molecule has 2 aromatic rings. The second-order valence-corrected chi connectivity index (χ2v) is 8.11. The third-order valence-corrected chi connectivity index (χ3v) is 5.55. The molecule has 1 atom stereocenters. The number of rotatable bonds is 6. The first-order chi connectivity index (χ1) is 12.5. The summed E-state index contributed by atoms with van der Waals surface area (Å²) in [5.41, 5.74) is 1.11. The molecule has 0 fully saturated rings. The van der Waals surface area contributed by atoms with Gasteiger partial charge in [0, 0.05) is 4.88 Å². The van der Waals surface area contributed by atoms with Crippen LogP contribution in [0.5, 0.6) is 0 Å². The van der Waals surface area contributed by atoms with Crippen molar-refractivity contribution in [3.8, 4) is 0 Å². The van der Waals surface area contributed by atoms with Crippen molar-refractivity contribution in [1.82, 2.24) is 9.97 Å². The number of nitrogens with one attached hydrogen (secondary N) is 1. The van der Waals surface area contributed by atoms with Gasteiger partial charge in [-0.25, -0.2) is 9.97 Å². The molecule has 1 N–H and O–H groups in total. The topological polar surface area (TPSA) is 82.6 Å². The van der Waals surface area contributed by atoms with Crippen molar-refractivity contribution in [1.29, 1.82) is 0 Å². The Morgan fingerprint density at radius 2 is 2.12 bits per heavy atom. The summed E-state index contributed by atoms with van der Waals surface area (Å²) >= 11 is 5.12. The summed E-state index contributed by atoms with van der Waals surface area (Å²) in [6.45, 7) is 3.81. The number of ether oxygens (including phenoxy) is 3. The van der Waals surface area contributed by atoms with Crippen molar-refractivity contribution in [2.24, 2.45) is 0 Å². The SMILES string of the molecule is COC(=O)Cc1nc(C)nc(N[C@H](C)c2ccc(Br)s2)c1C1OC=CO1. The number of methoxy groups -OCH3 is 1. The van der Waals surface area contributed by atoms with E-state index in [1.54, 1.807) is 18.3 Å². The highest BCUT2D eigenvalue weighted by atomic mass is 79.9. The molecule has 1 aliphatic rings. The van der Waals surface area contributed by atoms with Crippen LogP contribution in [0.25, 0.3) is 0 Å². The van der Waals surface area contributed by atoms with E-state index in [0.717, 1.165) is 8.66 Å². The number of thiophene rings is 1. The molecule has 1 aliphatic heterocycles. The molecule has 0 spiro atoms. The molecule has 138 valence electrons. The van der Waals surface area contributed by atoms with E-state index < -0.39 is 12.3 Å². The van der Waals surface area contributed by atoms with Crippen molar-refractivity contribution >= 4 is 39.1 Å². The minimum Gasteiger partial charge on any atom is -0.469 e. The number of carbonyl (C=O) groups is 1. The van der Waals surface area contributed by atoms with E-state index in [-0.39, 0.29) is 12.5 Å². The first kappa shape index (κ1) is 18.7. The maximum Gasteiger partial charge on any atom is 0.311 e. The normalized spacial score (nSPS) is 14.6. The Kier molecular flexibility index (Phi) is 5.77. The standard InChI is InChI=1S/C17H18BrN3O4S/c1-9(12-4-5-13(18)26-12)19-16-15(17-24-6-7-25-17)11(8-14(22)23-3)20-10(2)21-16/h4-7,9,17H,8H2,1-3H3,(H,19,20,21)/t9-/m1/s1. The van der Waals surface area contributed by atoms with Crippen LogP contribution in [0.3, 0.4) is 0 Å². The highest BCUT2D eigenvalue weighted by Gasteiger charge is 2.28. The summed E-state index contributed by atoms with van der Waals surface area (Å²) in [6, 6.07) is 4.04. The van der Waals surface area contributed by atoms with Crippen molar-refractivity contribution < 1.29 is 19.0 Å². The molecule has 0 bridgehead atoms. The summed E-state index contributed by atoms with van der Waals surface area (Å²) < 4.78 is 16.8. The quantitative estimate of drug-likeness (QED) is 0.680. The average Bonchev–Trinajstić information content (AvgIpc) is 3.26. The summed E-state index contributed by atoms with van der Waals surface area (Å²) in [5.74, 6) is 0.722. The van der Waals surface area contributed by atoms with E-state index in [1.165, 1.54) is 19.6 Å². The molecule has 3 rings (SSSR count). The molecule has 3 heterocycles. The van der Waals surface area contributed by atoms with Crippen molar-refractivity contribution in [3.63, 3.8) is 0 Å². The third-order valence-electron chi connectivity index (χ3n) is 3.75. The van der Waals surface area contributed by atoms with Gasteiger partial charge in [-0.2, -0.15) is 0 Å². The van der Waals surface area contributed by atoms with E-state index in [0.29, 0.717) is 22.9 Å². The Balaban J connectivity index is 1.97. The number of hydrogen-bond acceptors (Lipinski definition) is 8. The second-order valence-electron chi connectivity index (χ2n) is 5.62. The summed E-state index contributed by atoms with van der Waals surface area (Å²) in [5, 5.41) is 3.39. The van der Waals surface area contributed by atoms with Gasteiger partial charge in [0.2, 0.25) is 0 Å². The van der Waals surface area contributed by atoms with Gasteiger partial charge in [0.1, 0.15) is 24.2 Å². The molecule has 0 radical (unpaired) electrons. The number of halogens is 1. The Hall–Kier alpha value is -2.13. The van der Waals surface area contributed by atoms with Gasteiger partial charge in [0.05, 0.1) is 34.6 Å². The van der Waals surface area contributed by atoms with E-state index in [1.807, 2.05) is 19.1 Å². The van der Waals surface area contributed by atoms with Crippen LogP contribution in [0.4, 0.5) is 5.82 Å². The van der Waals surface area contributed by atoms with Crippen LogP contribution >= 0.6 is 27.3 Å². The molecule has 0 saturated heterocycles. The van der Waals surface area contributed by atoms with Crippen LogP contribution in [-0.4, -0.2) is 23.0 Å². The molecule has 2 aromatic heterocycles. The Morgan fingerprint density at radius 1 is 1.38 bits per heavy atom. The molecule has 9 heteroatoms. The first-order valence-corrected chi connectivity index (χ1v) is 9.50. The number of hydrogen-bond donors (Lipinski definition) is 1. The zero-order valence-electron chi connectivity index (χ0n) is 14.5. The number of carbonyl (C=O) groups excluding carboxylic acids is 1. The smallest absolute Gasteiger partial charge is 0.311 e. The number of aromatic nitrogens is 2. The molecular formula is C17H18BrN3O4S. The lowest BCUT2D eigenvalue weighted by molar-refractivity contribution is -0.139. The zero-order chi connectivity index (χ0) is 18.7. The van der Waals surface area contributed by atoms with Gasteiger partial charge in [-0.1, -0.05) is 0 Å². The van der Waals surface area contributed by atoms with Crippen molar-refractivity contribution in [2.45, 2.75) is 32.6 Å².